The largest absolute Gasteiger partial charge is 0.494 e. The number of carboxylic acids is 1. The Morgan fingerprint density at radius 3 is 2.63 bits per heavy atom. The van der Waals surface area contributed by atoms with Gasteiger partial charge in [0.05, 0.1) is 6.61 Å². The minimum atomic E-state index is -1.07. The Morgan fingerprint density at radius 2 is 2.00 bits per heavy atom. The number of ether oxygens (including phenoxy) is 1. The molecule has 0 saturated heterocycles. The molecule has 2 amide bonds. The van der Waals surface area contributed by atoms with E-state index in [1.165, 1.54) is 6.92 Å². The lowest BCUT2D eigenvalue weighted by Gasteiger charge is -2.11. The smallest absolute Gasteiger partial charge is 0.325 e. The number of hydrogen-bond acceptors (Lipinski definition) is 3. The highest BCUT2D eigenvalue weighted by Crippen LogP contribution is 2.07. The zero-order chi connectivity index (χ0) is 14.1. The van der Waals surface area contributed by atoms with E-state index in [0.29, 0.717) is 19.6 Å². The summed E-state index contributed by atoms with van der Waals surface area (Å²) < 4.78 is 5.44. The summed E-state index contributed by atoms with van der Waals surface area (Å²) in [5.41, 5.74) is 0. The van der Waals surface area contributed by atoms with Crippen LogP contribution in [0.1, 0.15) is 13.3 Å². The van der Waals surface area contributed by atoms with Gasteiger partial charge in [-0.3, -0.25) is 4.79 Å². The second kappa shape index (κ2) is 7.97. The number of aliphatic carboxylic acids is 1. The van der Waals surface area contributed by atoms with Crippen LogP contribution in [-0.2, 0) is 4.79 Å². The van der Waals surface area contributed by atoms with E-state index in [1.54, 1.807) is 0 Å². The molecule has 0 aliphatic heterocycles. The number of urea groups is 1. The van der Waals surface area contributed by atoms with Gasteiger partial charge in [0.25, 0.3) is 0 Å². The first-order valence-corrected chi connectivity index (χ1v) is 6.04. The number of hydrogen-bond donors (Lipinski definition) is 3. The molecule has 1 aromatic carbocycles. The lowest BCUT2D eigenvalue weighted by Crippen LogP contribution is -2.44. The van der Waals surface area contributed by atoms with Crippen LogP contribution in [0.3, 0.4) is 0 Å². The lowest BCUT2D eigenvalue weighted by molar-refractivity contribution is -0.138. The van der Waals surface area contributed by atoms with E-state index in [0.717, 1.165) is 5.75 Å². The van der Waals surface area contributed by atoms with Gasteiger partial charge in [-0.15, -0.1) is 0 Å². The van der Waals surface area contributed by atoms with Crippen molar-refractivity contribution in [1.82, 2.24) is 10.6 Å². The van der Waals surface area contributed by atoms with Gasteiger partial charge < -0.3 is 20.5 Å². The SMILES string of the molecule is CC(NC(=O)NCCCOc1ccccc1)C(=O)O. The van der Waals surface area contributed by atoms with E-state index in [-0.39, 0.29) is 0 Å². The molecule has 1 rings (SSSR count). The predicted octanol–water partition coefficient (Wildman–Crippen LogP) is 1.23. The number of benzene rings is 1. The zero-order valence-corrected chi connectivity index (χ0v) is 10.8. The van der Waals surface area contributed by atoms with Crippen molar-refractivity contribution in [2.75, 3.05) is 13.2 Å². The quantitative estimate of drug-likeness (QED) is 0.648. The summed E-state index contributed by atoms with van der Waals surface area (Å²) in [4.78, 5) is 21.8. The maximum absolute atomic E-state index is 11.3. The summed E-state index contributed by atoms with van der Waals surface area (Å²) in [6.45, 7) is 2.31. The maximum Gasteiger partial charge on any atom is 0.325 e. The van der Waals surface area contributed by atoms with Gasteiger partial charge in [0.1, 0.15) is 11.8 Å². The van der Waals surface area contributed by atoms with Crippen LogP contribution in [0.25, 0.3) is 0 Å². The normalized spacial score (nSPS) is 11.4. The topological polar surface area (TPSA) is 87.7 Å². The summed E-state index contributed by atoms with van der Waals surface area (Å²) in [6, 6.07) is 7.99. The van der Waals surface area contributed by atoms with Gasteiger partial charge in [0.2, 0.25) is 0 Å². The van der Waals surface area contributed by atoms with E-state index in [1.807, 2.05) is 30.3 Å². The molecule has 3 N–H and O–H groups in total. The van der Waals surface area contributed by atoms with Crippen LogP contribution in [0.5, 0.6) is 5.75 Å². The number of carboxylic acid groups (broad SMARTS) is 1. The van der Waals surface area contributed by atoms with Crippen molar-refractivity contribution in [2.24, 2.45) is 0 Å². The Bertz CT molecular complexity index is 408. The Balaban J connectivity index is 2.08. The molecule has 1 aromatic rings. The summed E-state index contributed by atoms with van der Waals surface area (Å²) in [7, 11) is 0. The fraction of sp³-hybridized carbons (Fsp3) is 0.385. The first-order chi connectivity index (χ1) is 9.09. The van der Waals surface area contributed by atoms with Gasteiger partial charge in [-0.05, 0) is 25.5 Å². The van der Waals surface area contributed by atoms with Crippen molar-refractivity contribution >= 4 is 12.0 Å². The number of carbonyl (C=O) groups excluding carboxylic acids is 1. The third-order valence-corrected chi connectivity index (χ3v) is 2.34. The van der Waals surface area contributed by atoms with Gasteiger partial charge in [-0.1, -0.05) is 18.2 Å². The lowest BCUT2D eigenvalue weighted by atomic mass is 10.3. The highest BCUT2D eigenvalue weighted by molar-refractivity contribution is 5.82. The number of amides is 2. The number of rotatable bonds is 7. The van der Waals surface area contributed by atoms with E-state index < -0.39 is 18.0 Å². The van der Waals surface area contributed by atoms with Crippen molar-refractivity contribution in [1.29, 1.82) is 0 Å². The van der Waals surface area contributed by atoms with Gasteiger partial charge in [-0.25, -0.2) is 4.79 Å². The highest BCUT2D eigenvalue weighted by atomic mass is 16.5. The van der Waals surface area contributed by atoms with Crippen LogP contribution in [0.4, 0.5) is 4.79 Å². The summed E-state index contributed by atoms with van der Waals surface area (Å²) in [5.74, 6) is -0.283. The molecule has 0 fully saturated rings. The zero-order valence-electron chi connectivity index (χ0n) is 10.8. The molecular formula is C13H18N2O4. The molecule has 0 spiro atoms. The van der Waals surface area contributed by atoms with Crippen molar-refractivity contribution in [3.8, 4) is 5.75 Å². The summed E-state index contributed by atoms with van der Waals surface area (Å²) >= 11 is 0. The van der Waals surface area contributed by atoms with E-state index in [4.69, 9.17) is 9.84 Å². The molecule has 1 atom stereocenters. The Kier molecular flexibility index (Phi) is 6.21. The summed E-state index contributed by atoms with van der Waals surface area (Å²) in [5, 5.41) is 13.5. The minimum Gasteiger partial charge on any atom is -0.494 e. The second-order valence-electron chi connectivity index (χ2n) is 3.98. The molecule has 6 nitrogen and oxygen atoms in total. The van der Waals surface area contributed by atoms with Crippen LogP contribution in [0.2, 0.25) is 0 Å². The first-order valence-electron chi connectivity index (χ1n) is 6.04. The average Bonchev–Trinajstić information content (AvgIpc) is 2.39. The van der Waals surface area contributed by atoms with Crippen LogP contribution in [0, 0.1) is 0 Å². The van der Waals surface area contributed by atoms with Crippen molar-refractivity contribution in [3.05, 3.63) is 30.3 Å². The van der Waals surface area contributed by atoms with Gasteiger partial charge in [-0.2, -0.15) is 0 Å². The van der Waals surface area contributed by atoms with Crippen LogP contribution in [0.15, 0.2) is 30.3 Å². The molecular weight excluding hydrogens is 248 g/mol. The molecule has 0 aromatic heterocycles. The third kappa shape index (κ3) is 6.30. The molecule has 0 saturated carbocycles. The molecule has 0 heterocycles. The standard InChI is InChI=1S/C13H18N2O4/c1-10(12(16)17)15-13(18)14-8-5-9-19-11-6-3-2-4-7-11/h2-4,6-7,10H,5,8-9H2,1H3,(H,16,17)(H2,14,15,18). The fourth-order valence-corrected chi connectivity index (χ4v) is 1.29. The average molecular weight is 266 g/mol. The van der Waals surface area contributed by atoms with E-state index >= 15 is 0 Å². The third-order valence-electron chi connectivity index (χ3n) is 2.34. The monoisotopic (exact) mass is 266 g/mol. The number of para-hydroxylation sites is 1. The van der Waals surface area contributed by atoms with E-state index in [9.17, 15) is 9.59 Å². The fourth-order valence-electron chi connectivity index (χ4n) is 1.29. The van der Waals surface area contributed by atoms with Gasteiger partial charge in [0, 0.05) is 6.54 Å². The maximum atomic E-state index is 11.3. The molecule has 19 heavy (non-hydrogen) atoms. The van der Waals surface area contributed by atoms with Crippen molar-refractivity contribution in [2.45, 2.75) is 19.4 Å². The molecule has 104 valence electrons. The second-order valence-corrected chi connectivity index (χ2v) is 3.98. The number of carbonyl (C=O) groups is 2. The first kappa shape index (κ1) is 14.8. The molecule has 0 aliphatic carbocycles. The van der Waals surface area contributed by atoms with Crippen LogP contribution >= 0.6 is 0 Å². The minimum absolute atomic E-state index is 0.422. The van der Waals surface area contributed by atoms with E-state index in [2.05, 4.69) is 10.6 Å². The van der Waals surface area contributed by atoms with Crippen molar-refractivity contribution in [3.63, 3.8) is 0 Å². The molecule has 6 heteroatoms. The molecule has 0 bridgehead atoms. The Labute approximate surface area is 111 Å². The number of nitrogens with one attached hydrogen (secondary N) is 2. The predicted molar refractivity (Wildman–Crippen MR) is 70.2 cm³/mol. The van der Waals surface area contributed by atoms with Crippen molar-refractivity contribution < 1.29 is 19.4 Å². The molecule has 1 unspecified atom stereocenters. The molecule has 0 aliphatic rings. The molecule has 0 radical (unpaired) electrons. The Morgan fingerprint density at radius 1 is 1.32 bits per heavy atom. The Hall–Kier alpha value is -2.24. The summed E-state index contributed by atoms with van der Waals surface area (Å²) in [6.07, 6.45) is 0.643. The van der Waals surface area contributed by atoms with Gasteiger partial charge in [0.15, 0.2) is 0 Å². The van der Waals surface area contributed by atoms with Crippen LogP contribution in [-0.4, -0.2) is 36.3 Å². The van der Waals surface area contributed by atoms with Gasteiger partial charge >= 0.3 is 12.0 Å². The van der Waals surface area contributed by atoms with Crippen LogP contribution < -0.4 is 15.4 Å². The highest BCUT2D eigenvalue weighted by Gasteiger charge is 2.12.